The minimum absolute atomic E-state index is 0.347. The predicted octanol–water partition coefficient (Wildman–Crippen LogP) is 0.106. The van der Waals surface area contributed by atoms with Crippen molar-refractivity contribution in [1.29, 1.82) is 0 Å². The minimum Gasteiger partial charge on any atom is -0.366 e. The molecule has 0 aliphatic carbocycles. The van der Waals surface area contributed by atoms with Crippen molar-refractivity contribution in [3.8, 4) is 0 Å². The third kappa shape index (κ3) is 2.76. The Balaban J connectivity index is 1.99. The summed E-state index contributed by atoms with van der Waals surface area (Å²) in [6.07, 6.45) is 2.97. The maximum Gasteiger partial charge on any atom is 0.251 e. The molecule has 1 aliphatic rings. The fraction of sp³-hybridized carbons (Fsp3) is 0.583. The molecular formula is C12H19N5O. The number of aromatic nitrogens is 2. The van der Waals surface area contributed by atoms with E-state index < -0.39 is 5.91 Å². The van der Waals surface area contributed by atoms with E-state index in [-0.39, 0.29) is 0 Å². The summed E-state index contributed by atoms with van der Waals surface area (Å²) < 4.78 is 0. The first kappa shape index (κ1) is 12.8. The van der Waals surface area contributed by atoms with Crippen LogP contribution in [0.25, 0.3) is 0 Å². The molecule has 1 fully saturated rings. The predicted molar refractivity (Wildman–Crippen MR) is 69.5 cm³/mol. The third-order valence-corrected chi connectivity index (χ3v) is 3.25. The second kappa shape index (κ2) is 5.30. The zero-order valence-electron chi connectivity index (χ0n) is 10.8. The zero-order valence-corrected chi connectivity index (χ0v) is 10.8. The van der Waals surface area contributed by atoms with Crippen molar-refractivity contribution in [2.45, 2.75) is 19.9 Å². The lowest BCUT2D eigenvalue weighted by Crippen LogP contribution is -2.49. The Morgan fingerprint density at radius 3 is 2.22 bits per heavy atom. The van der Waals surface area contributed by atoms with E-state index >= 15 is 0 Å². The van der Waals surface area contributed by atoms with Crippen molar-refractivity contribution in [3.05, 3.63) is 18.0 Å². The second-order valence-corrected chi connectivity index (χ2v) is 4.75. The molecule has 1 aliphatic heterocycles. The molecule has 2 N–H and O–H groups in total. The molecule has 1 amide bonds. The Labute approximate surface area is 107 Å². The van der Waals surface area contributed by atoms with Gasteiger partial charge in [-0.3, -0.25) is 9.69 Å². The van der Waals surface area contributed by atoms with Gasteiger partial charge in [-0.1, -0.05) is 0 Å². The normalized spacial score (nSPS) is 17.2. The van der Waals surface area contributed by atoms with Gasteiger partial charge in [-0.25, -0.2) is 9.97 Å². The van der Waals surface area contributed by atoms with Gasteiger partial charge in [-0.15, -0.1) is 0 Å². The summed E-state index contributed by atoms with van der Waals surface area (Å²) in [4.78, 5) is 23.9. The number of hydrogen-bond acceptors (Lipinski definition) is 5. The quantitative estimate of drug-likeness (QED) is 0.822. The first-order valence-corrected chi connectivity index (χ1v) is 6.19. The van der Waals surface area contributed by atoms with Crippen LogP contribution in [-0.4, -0.2) is 53.0 Å². The van der Waals surface area contributed by atoms with Crippen molar-refractivity contribution in [2.24, 2.45) is 5.73 Å². The topological polar surface area (TPSA) is 75.3 Å². The summed E-state index contributed by atoms with van der Waals surface area (Å²) in [5.41, 5.74) is 5.50. The molecule has 2 rings (SSSR count). The SMILES string of the molecule is CC(C)N1CCN(c2ncc(C(N)=O)cn2)CC1. The van der Waals surface area contributed by atoms with Crippen LogP contribution in [0.3, 0.4) is 0 Å². The molecule has 18 heavy (non-hydrogen) atoms. The van der Waals surface area contributed by atoms with Gasteiger partial charge in [0, 0.05) is 44.6 Å². The minimum atomic E-state index is -0.494. The van der Waals surface area contributed by atoms with E-state index in [0.29, 0.717) is 17.6 Å². The van der Waals surface area contributed by atoms with Crippen molar-refractivity contribution in [1.82, 2.24) is 14.9 Å². The standard InChI is InChI=1S/C12H19N5O/c1-9(2)16-3-5-17(6-4-16)12-14-7-10(8-15-12)11(13)18/h7-9H,3-6H2,1-2H3,(H2,13,18). The van der Waals surface area contributed by atoms with E-state index in [1.54, 1.807) is 0 Å². The van der Waals surface area contributed by atoms with Crippen LogP contribution in [0.2, 0.25) is 0 Å². The van der Waals surface area contributed by atoms with Crippen LogP contribution in [-0.2, 0) is 0 Å². The summed E-state index contributed by atoms with van der Waals surface area (Å²) in [5.74, 6) is 0.176. The van der Waals surface area contributed by atoms with Gasteiger partial charge >= 0.3 is 0 Å². The number of rotatable bonds is 3. The molecule has 1 aromatic rings. The van der Waals surface area contributed by atoms with Crippen LogP contribution in [0.5, 0.6) is 0 Å². The molecule has 0 unspecified atom stereocenters. The Kier molecular flexibility index (Phi) is 3.76. The van der Waals surface area contributed by atoms with Gasteiger partial charge in [-0.2, -0.15) is 0 Å². The van der Waals surface area contributed by atoms with E-state index in [2.05, 4.69) is 33.6 Å². The molecule has 6 nitrogen and oxygen atoms in total. The largest absolute Gasteiger partial charge is 0.366 e. The summed E-state index contributed by atoms with van der Waals surface area (Å²) >= 11 is 0. The van der Waals surface area contributed by atoms with Crippen LogP contribution in [0.15, 0.2) is 12.4 Å². The number of nitrogens with two attached hydrogens (primary N) is 1. The number of carbonyl (C=O) groups is 1. The van der Waals surface area contributed by atoms with Gasteiger partial charge in [0.1, 0.15) is 0 Å². The van der Waals surface area contributed by atoms with E-state index in [0.717, 1.165) is 26.2 Å². The van der Waals surface area contributed by atoms with Gasteiger partial charge in [0.15, 0.2) is 0 Å². The molecule has 98 valence electrons. The third-order valence-electron chi connectivity index (χ3n) is 3.25. The Morgan fingerprint density at radius 2 is 1.78 bits per heavy atom. The molecule has 0 bridgehead atoms. The lowest BCUT2D eigenvalue weighted by Gasteiger charge is -2.36. The number of primary amides is 1. The number of carbonyl (C=O) groups excluding carboxylic acids is 1. The van der Waals surface area contributed by atoms with Crippen LogP contribution < -0.4 is 10.6 Å². The monoisotopic (exact) mass is 249 g/mol. The van der Waals surface area contributed by atoms with Gasteiger partial charge in [0.25, 0.3) is 5.91 Å². The Bertz CT molecular complexity index is 409. The average Bonchev–Trinajstić information content (AvgIpc) is 2.39. The highest BCUT2D eigenvalue weighted by Crippen LogP contribution is 2.12. The van der Waals surface area contributed by atoms with Crippen molar-refractivity contribution < 1.29 is 4.79 Å². The zero-order chi connectivity index (χ0) is 13.1. The molecule has 6 heteroatoms. The highest BCUT2D eigenvalue weighted by molar-refractivity contribution is 5.92. The highest BCUT2D eigenvalue weighted by atomic mass is 16.1. The number of anilines is 1. The summed E-state index contributed by atoms with van der Waals surface area (Å²) in [7, 11) is 0. The van der Waals surface area contributed by atoms with Crippen molar-refractivity contribution >= 4 is 11.9 Å². The van der Waals surface area contributed by atoms with E-state index in [1.807, 2.05) is 0 Å². The van der Waals surface area contributed by atoms with Crippen LogP contribution in [0.1, 0.15) is 24.2 Å². The lowest BCUT2D eigenvalue weighted by molar-refractivity contribution is 0.0999. The second-order valence-electron chi connectivity index (χ2n) is 4.75. The fourth-order valence-corrected chi connectivity index (χ4v) is 2.05. The molecule has 2 heterocycles. The number of nitrogens with zero attached hydrogens (tertiary/aromatic N) is 4. The van der Waals surface area contributed by atoms with E-state index in [4.69, 9.17) is 5.73 Å². The number of hydrogen-bond donors (Lipinski definition) is 1. The molecule has 0 atom stereocenters. The van der Waals surface area contributed by atoms with Gasteiger partial charge in [0.2, 0.25) is 5.95 Å². The molecular weight excluding hydrogens is 230 g/mol. The van der Waals surface area contributed by atoms with Crippen LogP contribution >= 0.6 is 0 Å². The fourth-order valence-electron chi connectivity index (χ4n) is 2.05. The van der Waals surface area contributed by atoms with Crippen molar-refractivity contribution in [2.75, 3.05) is 31.1 Å². The molecule has 0 aromatic carbocycles. The van der Waals surface area contributed by atoms with Gasteiger partial charge in [-0.05, 0) is 13.8 Å². The molecule has 0 saturated carbocycles. The van der Waals surface area contributed by atoms with Crippen LogP contribution in [0.4, 0.5) is 5.95 Å². The molecule has 1 saturated heterocycles. The Morgan fingerprint density at radius 1 is 1.22 bits per heavy atom. The van der Waals surface area contributed by atoms with E-state index in [9.17, 15) is 4.79 Å². The number of amides is 1. The summed E-state index contributed by atoms with van der Waals surface area (Å²) in [5, 5.41) is 0. The molecule has 0 spiro atoms. The van der Waals surface area contributed by atoms with Gasteiger partial charge in [0.05, 0.1) is 5.56 Å². The van der Waals surface area contributed by atoms with E-state index in [1.165, 1.54) is 12.4 Å². The maximum absolute atomic E-state index is 10.9. The summed E-state index contributed by atoms with van der Waals surface area (Å²) in [6.45, 7) is 8.25. The van der Waals surface area contributed by atoms with Crippen LogP contribution in [0, 0.1) is 0 Å². The molecule has 0 radical (unpaired) electrons. The maximum atomic E-state index is 10.9. The average molecular weight is 249 g/mol. The lowest BCUT2D eigenvalue weighted by atomic mass is 10.2. The van der Waals surface area contributed by atoms with Gasteiger partial charge < -0.3 is 10.6 Å². The first-order valence-electron chi connectivity index (χ1n) is 6.19. The highest BCUT2D eigenvalue weighted by Gasteiger charge is 2.20. The first-order chi connectivity index (χ1) is 8.58. The smallest absolute Gasteiger partial charge is 0.251 e. The van der Waals surface area contributed by atoms with Crippen molar-refractivity contribution in [3.63, 3.8) is 0 Å². The molecule has 1 aromatic heterocycles. The number of piperazine rings is 1. The summed E-state index contributed by atoms with van der Waals surface area (Å²) in [6, 6.07) is 0.574. The Hall–Kier alpha value is -1.69.